The molecule has 9 heteroatoms. The van der Waals surface area contributed by atoms with Crippen molar-refractivity contribution in [2.45, 2.75) is 36.2 Å². The smallest absolute Gasteiger partial charge is 0.262 e. The number of fused-ring (bicyclic) bond motifs is 1. The van der Waals surface area contributed by atoms with Gasteiger partial charge < -0.3 is 14.0 Å². The van der Waals surface area contributed by atoms with E-state index in [-0.39, 0.29) is 5.56 Å². The first kappa shape index (κ1) is 20.6. The fourth-order valence-electron chi connectivity index (χ4n) is 3.51. The van der Waals surface area contributed by atoms with Gasteiger partial charge >= 0.3 is 0 Å². The molecule has 0 bridgehead atoms. The fraction of sp³-hybridized carbons (Fsp3) is 0.304. The lowest BCUT2D eigenvalue weighted by atomic mass is 10.2. The standard InChI is InChI=1S/C23H22N4O4S/c1-29-18-10-7-14(11-19(18)30-2)12-27-22(28)16-5-3-4-6-17(16)24-23(27)32-13-20-25-21(31-26-20)15-8-9-15/h3-7,10-11,15H,8-9,12-13H2,1-2H3. The molecule has 4 aromatic rings. The maximum Gasteiger partial charge on any atom is 0.262 e. The molecule has 1 aliphatic carbocycles. The molecular weight excluding hydrogens is 428 g/mol. The molecule has 0 aliphatic heterocycles. The van der Waals surface area contributed by atoms with Gasteiger partial charge in [0.15, 0.2) is 22.5 Å². The summed E-state index contributed by atoms with van der Waals surface area (Å²) in [6.07, 6.45) is 2.21. The molecule has 1 saturated carbocycles. The molecule has 2 aromatic carbocycles. The Morgan fingerprint density at radius 2 is 1.91 bits per heavy atom. The topological polar surface area (TPSA) is 92.3 Å². The van der Waals surface area contributed by atoms with Crippen molar-refractivity contribution in [2.75, 3.05) is 14.2 Å². The van der Waals surface area contributed by atoms with E-state index in [1.165, 1.54) is 11.8 Å². The van der Waals surface area contributed by atoms with Gasteiger partial charge in [-0.05, 0) is 42.7 Å². The molecule has 1 fully saturated rings. The van der Waals surface area contributed by atoms with Crippen LogP contribution in [0.4, 0.5) is 0 Å². The highest BCUT2D eigenvalue weighted by Gasteiger charge is 2.29. The first-order chi connectivity index (χ1) is 15.7. The van der Waals surface area contributed by atoms with Crippen LogP contribution in [0.1, 0.15) is 36.0 Å². The van der Waals surface area contributed by atoms with Crippen molar-refractivity contribution in [3.05, 3.63) is 70.1 Å². The van der Waals surface area contributed by atoms with Crippen LogP contribution in [0.5, 0.6) is 11.5 Å². The number of methoxy groups -OCH3 is 2. The van der Waals surface area contributed by atoms with Crippen molar-refractivity contribution < 1.29 is 14.0 Å². The first-order valence-corrected chi connectivity index (χ1v) is 11.3. The monoisotopic (exact) mass is 450 g/mol. The molecule has 5 rings (SSSR count). The summed E-state index contributed by atoms with van der Waals surface area (Å²) in [4.78, 5) is 22.6. The molecule has 2 heterocycles. The normalized spacial score (nSPS) is 13.4. The zero-order valence-corrected chi connectivity index (χ0v) is 18.6. The number of ether oxygens (including phenoxy) is 2. The van der Waals surface area contributed by atoms with E-state index in [9.17, 15) is 4.79 Å². The molecule has 32 heavy (non-hydrogen) atoms. The van der Waals surface area contributed by atoms with Gasteiger partial charge in [0, 0.05) is 5.92 Å². The van der Waals surface area contributed by atoms with Crippen LogP contribution in [0.3, 0.4) is 0 Å². The number of para-hydroxylation sites is 1. The van der Waals surface area contributed by atoms with E-state index in [2.05, 4.69) is 10.1 Å². The Morgan fingerprint density at radius 1 is 1.09 bits per heavy atom. The molecule has 8 nitrogen and oxygen atoms in total. The first-order valence-electron chi connectivity index (χ1n) is 10.3. The fourth-order valence-corrected chi connectivity index (χ4v) is 4.35. The number of hydrogen-bond donors (Lipinski definition) is 0. The van der Waals surface area contributed by atoms with E-state index < -0.39 is 0 Å². The van der Waals surface area contributed by atoms with Gasteiger partial charge in [-0.2, -0.15) is 4.98 Å². The van der Waals surface area contributed by atoms with Gasteiger partial charge in [0.25, 0.3) is 5.56 Å². The number of hydrogen-bond acceptors (Lipinski definition) is 8. The van der Waals surface area contributed by atoms with E-state index in [1.54, 1.807) is 24.9 Å². The highest BCUT2D eigenvalue weighted by atomic mass is 32.2. The van der Waals surface area contributed by atoms with Crippen molar-refractivity contribution in [3.8, 4) is 11.5 Å². The molecule has 2 aromatic heterocycles. The van der Waals surface area contributed by atoms with Crippen LogP contribution in [0.15, 0.2) is 56.9 Å². The number of aromatic nitrogens is 4. The molecule has 164 valence electrons. The van der Waals surface area contributed by atoms with Crippen LogP contribution >= 0.6 is 11.8 Å². The maximum atomic E-state index is 13.3. The van der Waals surface area contributed by atoms with Gasteiger partial charge in [0.2, 0.25) is 5.89 Å². The Bertz CT molecular complexity index is 1330. The number of nitrogens with zero attached hydrogens (tertiary/aromatic N) is 4. The average molecular weight is 451 g/mol. The van der Waals surface area contributed by atoms with Crippen LogP contribution in [0, 0.1) is 0 Å². The predicted octanol–water partition coefficient (Wildman–Crippen LogP) is 4.01. The summed E-state index contributed by atoms with van der Waals surface area (Å²) < 4.78 is 17.8. The molecule has 0 unspecified atom stereocenters. The third-order valence-corrected chi connectivity index (χ3v) is 6.33. The molecular formula is C23H22N4O4S. The summed E-state index contributed by atoms with van der Waals surface area (Å²) in [6, 6.07) is 13.0. The van der Waals surface area contributed by atoms with Gasteiger partial charge in [0.1, 0.15) is 0 Å². The summed E-state index contributed by atoms with van der Waals surface area (Å²) in [7, 11) is 3.18. The number of benzene rings is 2. The van der Waals surface area contributed by atoms with Crippen molar-refractivity contribution in [3.63, 3.8) is 0 Å². The summed E-state index contributed by atoms with van der Waals surface area (Å²) in [6.45, 7) is 0.346. The second-order valence-corrected chi connectivity index (χ2v) is 8.55. The maximum absolute atomic E-state index is 13.3. The largest absolute Gasteiger partial charge is 0.493 e. The van der Waals surface area contributed by atoms with Crippen LogP contribution in [0.2, 0.25) is 0 Å². The summed E-state index contributed by atoms with van der Waals surface area (Å²) in [5, 5.41) is 5.26. The third-order valence-electron chi connectivity index (χ3n) is 5.36. The highest BCUT2D eigenvalue weighted by Crippen LogP contribution is 2.39. The quantitative estimate of drug-likeness (QED) is 0.294. The number of rotatable bonds is 8. The lowest BCUT2D eigenvalue weighted by molar-refractivity contribution is 0.354. The van der Waals surface area contributed by atoms with Crippen molar-refractivity contribution >= 4 is 22.7 Å². The van der Waals surface area contributed by atoms with Crippen molar-refractivity contribution in [1.29, 1.82) is 0 Å². The van der Waals surface area contributed by atoms with Crippen LogP contribution in [-0.4, -0.2) is 33.9 Å². The van der Waals surface area contributed by atoms with E-state index in [4.69, 9.17) is 19.0 Å². The molecule has 0 amide bonds. The SMILES string of the molecule is COc1ccc(Cn2c(SCc3noc(C4CC4)n3)nc3ccccc3c2=O)cc1OC. The molecule has 0 radical (unpaired) electrons. The molecule has 0 atom stereocenters. The minimum Gasteiger partial charge on any atom is -0.493 e. The Morgan fingerprint density at radius 3 is 2.69 bits per heavy atom. The summed E-state index contributed by atoms with van der Waals surface area (Å²) in [5.41, 5.74) is 1.47. The van der Waals surface area contributed by atoms with E-state index in [0.717, 1.165) is 18.4 Å². The molecule has 0 saturated heterocycles. The van der Waals surface area contributed by atoms with E-state index in [1.807, 2.05) is 36.4 Å². The average Bonchev–Trinajstić information content (AvgIpc) is 3.57. The van der Waals surface area contributed by atoms with Crippen molar-refractivity contribution in [2.24, 2.45) is 0 Å². The lowest BCUT2D eigenvalue weighted by Gasteiger charge is -2.14. The predicted molar refractivity (Wildman–Crippen MR) is 120 cm³/mol. The van der Waals surface area contributed by atoms with Crippen LogP contribution in [-0.2, 0) is 12.3 Å². The molecule has 0 N–H and O–H groups in total. The van der Waals surface area contributed by atoms with Crippen LogP contribution < -0.4 is 15.0 Å². The van der Waals surface area contributed by atoms with Gasteiger partial charge in [-0.25, -0.2) is 4.98 Å². The Kier molecular flexibility index (Phi) is 5.57. The number of thioether (sulfide) groups is 1. The Labute approximate surface area is 188 Å². The van der Waals surface area contributed by atoms with Gasteiger partial charge in [-0.3, -0.25) is 9.36 Å². The van der Waals surface area contributed by atoms with E-state index >= 15 is 0 Å². The van der Waals surface area contributed by atoms with Gasteiger partial charge in [-0.15, -0.1) is 0 Å². The zero-order valence-electron chi connectivity index (χ0n) is 17.8. The lowest BCUT2D eigenvalue weighted by Crippen LogP contribution is -2.24. The minimum atomic E-state index is -0.0975. The van der Waals surface area contributed by atoms with E-state index in [0.29, 0.717) is 57.5 Å². The summed E-state index contributed by atoms with van der Waals surface area (Å²) >= 11 is 1.42. The van der Waals surface area contributed by atoms with Gasteiger partial charge in [-0.1, -0.05) is 35.1 Å². The third kappa shape index (κ3) is 4.08. The van der Waals surface area contributed by atoms with Crippen LogP contribution in [0.25, 0.3) is 10.9 Å². The van der Waals surface area contributed by atoms with Gasteiger partial charge in [0.05, 0.1) is 37.4 Å². The zero-order chi connectivity index (χ0) is 22.1. The Balaban J connectivity index is 1.49. The Hall–Kier alpha value is -3.33. The summed E-state index contributed by atoms with van der Waals surface area (Å²) in [5.74, 6) is 3.43. The molecule has 1 aliphatic rings. The molecule has 0 spiro atoms. The second kappa shape index (κ2) is 8.66. The second-order valence-electron chi connectivity index (χ2n) is 7.60. The highest BCUT2D eigenvalue weighted by molar-refractivity contribution is 7.98. The minimum absolute atomic E-state index is 0.0975. The van der Waals surface area contributed by atoms with Crippen molar-refractivity contribution in [1.82, 2.24) is 19.7 Å².